The Morgan fingerprint density at radius 1 is 1.12 bits per heavy atom. The molecule has 0 bridgehead atoms. The highest BCUT2D eigenvalue weighted by atomic mass is 32.2. The minimum atomic E-state index is -4.44. The number of amides is 1. The van der Waals surface area contributed by atoms with Crippen LogP contribution >= 0.6 is 11.8 Å². The predicted octanol–water partition coefficient (Wildman–Crippen LogP) is 3.08. The van der Waals surface area contributed by atoms with Crippen molar-refractivity contribution in [1.29, 1.82) is 0 Å². The molecule has 0 radical (unpaired) electrons. The zero-order chi connectivity index (χ0) is 18.7. The van der Waals surface area contributed by atoms with Gasteiger partial charge in [0.2, 0.25) is 15.9 Å². The molecule has 0 fully saturated rings. The third-order valence-corrected chi connectivity index (χ3v) is 4.92. The van der Waals surface area contributed by atoms with Crippen LogP contribution < -0.4 is 10.5 Å². The fourth-order valence-corrected chi connectivity index (χ4v) is 3.11. The van der Waals surface area contributed by atoms with Crippen LogP contribution in [0.3, 0.4) is 0 Å². The van der Waals surface area contributed by atoms with Crippen molar-refractivity contribution in [3.8, 4) is 0 Å². The summed E-state index contributed by atoms with van der Waals surface area (Å²) >= 11 is 0.958. The van der Waals surface area contributed by atoms with E-state index in [0.717, 1.165) is 23.9 Å². The van der Waals surface area contributed by atoms with E-state index in [2.05, 4.69) is 5.32 Å². The normalized spacial score (nSPS) is 12.0. The first-order valence-electron chi connectivity index (χ1n) is 6.78. The third-order valence-electron chi connectivity index (χ3n) is 3.00. The number of hydrogen-bond acceptors (Lipinski definition) is 4. The van der Waals surface area contributed by atoms with Gasteiger partial charge in [0.05, 0.1) is 16.2 Å². The number of nitrogens with one attached hydrogen (secondary N) is 1. The molecule has 10 heteroatoms. The van der Waals surface area contributed by atoms with Gasteiger partial charge in [0.1, 0.15) is 0 Å². The summed E-state index contributed by atoms with van der Waals surface area (Å²) in [7, 11) is -3.82. The number of anilines is 1. The van der Waals surface area contributed by atoms with Crippen LogP contribution in [0.15, 0.2) is 58.3 Å². The fraction of sp³-hybridized carbons (Fsp3) is 0.133. The number of primary sulfonamides is 1. The molecular weight excluding hydrogens is 377 g/mol. The van der Waals surface area contributed by atoms with E-state index in [1.165, 1.54) is 36.4 Å². The molecule has 0 heterocycles. The van der Waals surface area contributed by atoms with E-state index in [-0.39, 0.29) is 10.6 Å². The number of benzene rings is 2. The van der Waals surface area contributed by atoms with Crippen molar-refractivity contribution in [2.24, 2.45) is 5.14 Å². The Balaban J connectivity index is 1.95. The molecule has 25 heavy (non-hydrogen) atoms. The number of carbonyl (C=O) groups is 1. The van der Waals surface area contributed by atoms with Gasteiger partial charge in [0.15, 0.2) is 0 Å². The minimum Gasteiger partial charge on any atom is -0.325 e. The van der Waals surface area contributed by atoms with Crippen LogP contribution in [0, 0.1) is 0 Å². The molecule has 2 rings (SSSR count). The van der Waals surface area contributed by atoms with Crippen LogP contribution in [0.2, 0.25) is 0 Å². The van der Waals surface area contributed by atoms with Crippen LogP contribution in [0.1, 0.15) is 5.56 Å². The van der Waals surface area contributed by atoms with Crippen LogP contribution in [-0.4, -0.2) is 20.1 Å². The Kier molecular flexibility index (Phi) is 5.76. The van der Waals surface area contributed by atoms with E-state index in [1.54, 1.807) is 0 Å². The van der Waals surface area contributed by atoms with Gasteiger partial charge in [0, 0.05) is 10.6 Å². The van der Waals surface area contributed by atoms with Crippen molar-refractivity contribution in [3.63, 3.8) is 0 Å². The Hall–Kier alpha value is -2.04. The second-order valence-corrected chi connectivity index (χ2v) is 7.54. The lowest BCUT2D eigenvalue weighted by Gasteiger charge is -2.09. The number of carbonyl (C=O) groups excluding carboxylic acids is 1. The number of alkyl halides is 3. The number of thioether (sulfide) groups is 1. The number of sulfonamides is 1. The van der Waals surface area contributed by atoms with Crippen molar-refractivity contribution >= 4 is 33.4 Å². The molecule has 0 spiro atoms. The highest BCUT2D eigenvalue weighted by Gasteiger charge is 2.30. The lowest BCUT2D eigenvalue weighted by atomic mass is 10.2. The Bertz CT molecular complexity index is 866. The van der Waals surface area contributed by atoms with Crippen molar-refractivity contribution < 1.29 is 26.4 Å². The van der Waals surface area contributed by atoms with Gasteiger partial charge in [0.25, 0.3) is 0 Å². The molecular formula is C15H13F3N2O3S2. The number of nitrogens with two attached hydrogens (primary N) is 1. The molecule has 0 aliphatic heterocycles. The fourth-order valence-electron chi connectivity index (χ4n) is 1.84. The first-order valence-corrected chi connectivity index (χ1v) is 9.32. The summed E-state index contributed by atoms with van der Waals surface area (Å²) in [5.41, 5.74) is -0.432. The van der Waals surface area contributed by atoms with Crippen molar-refractivity contribution in [2.75, 3.05) is 11.1 Å². The smallest absolute Gasteiger partial charge is 0.325 e. The standard InChI is InChI=1S/C15H13F3N2O3S2/c16-15(17,18)10-2-1-3-12(8-10)24-9-14(21)20-11-4-6-13(7-5-11)25(19,22)23/h1-8H,9H2,(H,20,21)(H2,19,22,23). The lowest BCUT2D eigenvalue weighted by Crippen LogP contribution is -2.15. The zero-order valence-electron chi connectivity index (χ0n) is 12.6. The van der Waals surface area contributed by atoms with Gasteiger partial charge in [-0.3, -0.25) is 4.79 Å². The van der Waals surface area contributed by atoms with Gasteiger partial charge in [-0.1, -0.05) is 6.07 Å². The number of halogens is 3. The second kappa shape index (κ2) is 7.46. The molecule has 0 aromatic heterocycles. The van der Waals surface area contributed by atoms with Gasteiger partial charge < -0.3 is 5.32 Å². The maximum absolute atomic E-state index is 12.6. The zero-order valence-corrected chi connectivity index (χ0v) is 14.2. The number of hydrogen-bond donors (Lipinski definition) is 2. The molecule has 134 valence electrons. The third kappa shape index (κ3) is 5.76. The van der Waals surface area contributed by atoms with Crippen molar-refractivity contribution in [3.05, 3.63) is 54.1 Å². The summed E-state index contributed by atoms with van der Waals surface area (Å²) in [6, 6.07) is 9.90. The summed E-state index contributed by atoms with van der Waals surface area (Å²) in [5.74, 6) is -0.538. The highest BCUT2D eigenvalue weighted by Crippen LogP contribution is 2.31. The average molecular weight is 390 g/mol. The van der Waals surface area contributed by atoms with E-state index in [4.69, 9.17) is 5.14 Å². The topological polar surface area (TPSA) is 89.3 Å². The van der Waals surface area contributed by atoms with E-state index >= 15 is 0 Å². The van der Waals surface area contributed by atoms with Crippen molar-refractivity contribution in [1.82, 2.24) is 0 Å². The molecule has 3 N–H and O–H groups in total. The maximum atomic E-state index is 12.6. The largest absolute Gasteiger partial charge is 0.416 e. The predicted molar refractivity (Wildman–Crippen MR) is 88.6 cm³/mol. The van der Waals surface area contributed by atoms with Gasteiger partial charge in [-0.2, -0.15) is 13.2 Å². The summed E-state index contributed by atoms with van der Waals surface area (Å²) in [5, 5.41) is 7.48. The Labute approximate surface area is 146 Å². The molecule has 0 aliphatic rings. The van der Waals surface area contributed by atoms with Crippen LogP contribution in [0.4, 0.5) is 18.9 Å². The molecule has 0 unspecified atom stereocenters. The van der Waals surface area contributed by atoms with E-state index < -0.39 is 27.7 Å². The molecule has 0 saturated heterocycles. The van der Waals surface area contributed by atoms with E-state index in [9.17, 15) is 26.4 Å². The summed E-state index contributed by atoms with van der Waals surface area (Å²) in [6.45, 7) is 0. The summed E-state index contributed by atoms with van der Waals surface area (Å²) < 4.78 is 60.2. The van der Waals surface area contributed by atoms with Gasteiger partial charge in [-0.05, 0) is 42.5 Å². The molecule has 2 aromatic rings. The molecule has 5 nitrogen and oxygen atoms in total. The SMILES string of the molecule is NS(=O)(=O)c1ccc(NC(=O)CSc2cccc(C(F)(F)F)c2)cc1. The highest BCUT2D eigenvalue weighted by molar-refractivity contribution is 8.00. The Morgan fingerprint density at radius 3 is 2.32 bits per heavy atom. The van der Waals surface area contributed by atoms with Crippen LogP contribution in [0.25, 0.3) is 0 Å². The van der Waals surface area contributed by atoms with Crippen LogP contribution in [-0.2, 0) is 21.0 Å². The first-order chi connectivity index (χ1) is 11.6. The van der Waals surface area contributed by atoms with Gasteiger partial charge in [-0.15, -0.1) is 11.8 Å². The van der Waals surface area contributed by atoms with E-state index in [0.29, 0.717) is 10.6 Å². The first kappa shape index (κ1) is 19.3. The Morgan fingerprint density at radius 2 is 1.76 bits per heavy atom. The molecule has 0 atom stereocenters. The minimum absolute atomic E-state index is 0.0937. The van der Waals surface area contributed by atoms with Gasteiger partial charge >= 0.3 is 6.18 Å². The quantitative estimate of drug-likeness (QED) is 0.768. The summed E-state index contributed by atoms with van der Waals surface area (Å²) in [6.07, 6.45) is -4.44. The monoisotopic (exact) mass is 390 g/mol. The molecule has 1 amide bonds. The second-order valence-electron chi connectivity index (χ2n) is 4.93. The maximum Gasteiger partial charge on any atom is 0.416 e. The molecule has 2 aromatic carbocycles. The summed E-state index contributed by atoms with van der Waals surface area (Å²) in [4.78, 5) is 12.1. The van der Waals surface area contributed by atoms with Crippen molar-refractivity contribution in [2.45, 2.75) is 16.0 Å². The average Bonchev–Trinajstić information content (AvgIpc) is 2.52. The number of rotatable bonds is 5. The molecule has 0 saturated carbocycles. The molecule has 0 aliphatic carbocycles. The lowest BCUT2D eigenvalue weighted by molar-refractivity contribution is -0.137. The van der Waals surface area contributed by atoms with E-state index in [1.807, 2.05) is 0 Å². The van der Waals surface area contributed by atoms with Gasteiger partial charge in [-0.25, -0.2) is 13.6 Å². The van der Waals surface area contributed by atoms with Crippen LogP contribution in [0.5, 0.6) is 0 Å².